The molecule has 0 N–H and O–H groups in total. The Balaban J connectivity index is 3.09. The first kappa shape index (κ1) is 14.5. The lowest BCUT2D eigenvalue weighted by Crippen LogP contribution is -2.39. The van der Waals surface area contributed by atoms with Crippen molar-refractivity contribution < 1.29 is 27.1 Å². The van der Waals surface area contributed by atoms with E-state index in [9.17, 15) is 22.4 Å². The number of ether oxygens (including phenoxy) is 1. The van der Waals surface area contributed by atoms with Crippen LogP contribution in [0.25, 0.3) is 0 Å². The van der Waals surface area contributed by atoms with E-state index in [2.05, 4.69) is 0 Å². The average molecular weight is 264 g/mol. The SMILES string of the molecule is CC(C)C(Oc1cccc(F)c1C=O)C(F)(F)F. The molecule has 0 heterocycles. The van der Waals surface area contributed by atoms with E-state index in [1.807, 2.05) is 0 Å². The van der Waals surface area contributed by atoms with Crippen molar-refractivity contribution in [2.24, 2.45) is 5.92 Å². The molecule has 1 unspecified atom stereocenters. The molecule has 6 heteroatoms. The molecule has 0 radical (unpaired) electrons. The fourth-order valence-corrected chi connectivity index (χ4v) is 1.45. The molecule has 1 aromatic carbocycles. The van der Waals surface area contributed by atoms with Gasteiger partial charge in [0.25, 0.3) is 0 Å². The van der Waals surface area contributed by atoms with Crippen LogP contribution in [-0.4, -0.2) is 18.6 Å². The van der Waals surface area contributed by atoms with Crippen LogP contribution in [-0.2, 0) is 0 Å². The van der Waals surface area contributed by atoms with Gasteiger partial charge in [0, 0.05) is 0 Å². The maximum absolute atomic E-state index is 13.2. The highest BCUT2D eigenvalue weighted by atomic mass is 19.4. The van der Waals surface area contributed by atoms with E-state index in [0.717, 1.165) is 12.1 Å². The molecule has 18 heavy (non-hydrogen) atoms. The van der Waals surface area contributed by atoms with Gasteiger partial charge >= 0.3 is 6.18 Å². The lowest BCUT2D eigenvalue weighted by atomic mass is 10.1. The number of carbonyl (C=O) groups is 1. The topological polar surface area (TPSA) is 26.3 Å². The number of carbonyl (C=O) groups excluding carboxylic acids is 1. The Morgan fingerprint density at radius 1 is 1.28 bits per heavy atom. The number of aldehydes is 1. The van der Waals surface area contributed by atoms with Gasteiger partial charge in [0.05, 0.1) is 5.56 Å². The molecule has 0 bridgehead atoms. The summed E-state index contributed by atoms with van der Waals surface area (Å²) in [6.45, 7) is 2.66. The highest BCUT2D eigenvalue weighted by Gasteiger charge is 2.44. The Hall–Kier alpha value is -1.59. The van der Waals surface area contributed by atoms with E-state index in [1.165, 1.54) is 19.9 Å². The molecule has 0 fully saturated rings. The van der Waals surface area contributed by atoms with Gasteiger partial charge in [-0.2, -0.15) is 13.2 Å². The van der Waals surface area contributed by atoms with Crippen LogP contribution in [0.1, 0.15) is 24.2 Å². The molecule has 1 rings (SSSR count). The fraction of sp³-hybridized carbons (Fsp3) is 0.417. The minimum atomic E-state index is -4.58. The fourth-order valence-electron chi connectivity index (χ4n) is 1.45. The van der Waals surface area contributed by atoms with Crippen LogP contribution in [0.3, 0.4) is 0 Å². The maximum Gasteiger partial charge on any atom is 0.425 e. The zero-order chi connectivity index (χ0) is 13.9. The second kappa shape index (κ2) is 5.37. The summed E-state index contributed by atoms with van der Waals surface area (Å²) >= 11 is 0. The van der Waals surface area contributed by atoms with Crippen LogP contribution >= 0.6 is 0 Å². The Morgan fingerprint density at radius 3 is 2.33 bits per heavy atom. The first-order valence-electron chi connectivity index (χ1n) is 5.24. The largest absolute Gasteiger partial charge is 0.480 e. The van der Waals surface area contributed by atoms with Gasteiger partial charge in [-0.05, 0) is 18.1 Å². The number of hydrogen-bond acceptors (Lipinski definition) is 2. The summed E-state index contributed by atoms with van der Waals surface area (Å²) in [5, 5.41) is 0. The van der Waals surface area contributed by atoms with Crippen LogP contribution < -0.4 is 4.74 Å². The maximum atomic E-state index is 13.2. The molecule has 0 aliphatic heterocycles. The van der Waals surface area contributed by atoms with Crippen molar-refractivity contribution in [2.75, 3.05) is 0 Å². The molecule has 0 saturated heterocycles. The minimum Gasteiger partial charge on any atom is -0.480 e. The molecule has 0 saturated carbocycles. The van der Waals surface area contributed by atoms with E-state index >= 15 is 0 Å². The third-order valence-corrected chi connectivity index (χ3v) is 2.31. The van der Waals surface area contributed by atoms with Crippen molar-refractivity contribution in [1.29, 1.82) is 0 Å². The molecular formula is C12H12F4O2. The van der Waals surface area contributed by atoms with Crippen molar-refractivity contribution in [3.63, 3.8) is 0 Å². The quantitative estimate of drug-likeness (QED) is 0.613. The Morgan fingerprint density at radius 2 is 1.89 bits per heavy atom. The number of hydrogen-bond donors (Lipinski definition) is 0. The summed E-state index contributed by atoms with van der Waals surface area (Å²) in [4.78, 5) is 10.6. The molecular weight excluding hydrogens is 252 g/mol. The van der Waals surface area contributed by atoms with Crippen LogP contribution in [0.4, 0.5) is 17.6 Å². The second-order valence-corrected chi connectivity index (χ2v) is 4.09. The summed E-state index contributed by atoms with van der Waals surface area (Å²) < 4.78 is 56.0. The van der Waals surface area contributed by atoms with Gasteiger partial charge in [-0.15, -0.1) is 0 Å². The van der Waals surface area contributed by atoms with Gasteiger partial charge in [-0.1, -0.05) is 19.9 Å². The molecule has 1 aromatic rings. The third-order valence-electron chi connectivity index (χ3n) is 2.31. The average Bonchev–Trinajstić information content (AvgIpc) is 2.23. The Bertz CT molecular complexity index is 427. The van der Waals surface area contributed by atoms with E-state index < -0.39 is 35.3 Å². The summed E-state index contributed by atoms with van der Waals surface area (Å²) in [6.07, 6.45) is -6.53. The van der Waals surface area contributed by atoms with Gasteiger partial charge in [0.15, 0.2) is 12.4 Å². The summed E-state index contributed by atoms with van der Waals surface area (Å²) in [5.41, 5.74) is -0.507. The van der Waals surface area contributed by atoms with Crippen LogP contribution in [0.5, 0.6) is 5.75 Å². The zero-order valence-electron chi connectivity index (χ0n) is 9.79. The van der Waals surface area contributed by atoms with Crippen molar-refractivity contribution in [3.05, 3.63) is 29.6 Å². The lowest BCUT2D eigenvalue weighted by molar-refractivity contribution is -0.206. The monoisotopic (exact) mass is 264 g/mol. The first-order chi connectivity index (χ1) is 8.27. The zero-order valence-corrected chi connectivity index (χ0v) is 9.79. The van der Waals surface area contributed by atoms with Gasteiger partial charge in [-0.3, -0.25) is 4.79 Å². The number of benzene rings is 1. The molecule has 0 spiro atoms. The van der Waals surface area contributed by atoms with Crippen molar-refractivity contribution in [2.45, 2.75) is 26.1 Å². The van der Waals surface area contributed by atoms with Gasteiger partial charge in [0.1, 0.15) is 11.6 Å². The third kappa shape index (κ3) is 3.21. The number of halogens is 4. The first-order valence-corrected chi connectivity index (χ1v) is 5.24. The summed E-state index contributed by atoms with van der Waals surface area (Å²) in [6, 6.07) is 3.30. The van der Waals surface area contributed by atoms with Crippen molar-refractivity contribution in [3.8, 4) is 5.75 Å². The lowest BCUT2D eigenvalue weighted by Gasteiger charge is -2.25. The predicted molar refractivity (Wildman–Crippen MR) is 57.1 cm³/mol. The molecule has 1 atom stereocenters. The predicted octanol–water partition coefficient (Wildman–Crippen LogP) is 3.60. The van der Waals surface area contributed by atoms with Crippen LogP contribution in [0.15, 0.2) is 18.2 Å². The van der Waals surface area contributed by atoms with E-state index in [-0.39, 0.29) is 6.29 Å². The number of alkyl halides is 3. The van der Waals surface area contributed by atoms with E-state index in [4.69, 9.17) is 4.74 Å². The molecule has 0 aliphatic carbocycles. The van der Waals surface area contributed by atoms with Gasteiger partial charge < -0.3 is 4.74 Å². The minimum absolute atomic E-state index is 0.137. The standard InChI is InChI=1S/C12H12F4O2/c1-7(2)11(12(14,15)16)18-10-5-3-4-9(13)8(10)6-17/h3-7,11H,1-2H3. The highest BCUT2D eigenvalue weighted by Crippen LogP contribution is 2.31. The van der Waals surface area contributed by atoms with Crippen LogP contribution in [0, 0.1) is 11.7 Å². The van der Waals surface area contributed by atoms with Crippen molar-refractivity contribution >= 4 is 6.29 Å². The van der Waals surface area contributed by atoms with Crippen molar-refractivity contribution in [1.82, 2.24) is 0 Å². The second-order valence-electron chi connectivity index (χ2n) is 4.09. The summed E-state index contributed by atoms with van der Waals surface area (Å²) in [7, 11) is 0. The highest BCUT2D eigenvalue weighted by molar-refractivity contribution is 5.79. The Kier molecular flexibility index (Phi) is 4.32. The Labute approximate surface area is 102 Å². The molecule has 0 aliphatic rings. The molecule has 2 nitrogen and oxygen atoms in total. The van der Waals surface area contributed by atoms with Gasteiger partial charge in [-0.25, -0.2) is 4.39 Å². The van der Waals surface area contributed by atoms with E-state index in [1.54, 1.807) is 0 Å². The van der Waals surface area contributed by atoms with Crippen LogP contribution in [0.2, 0.25) is 0 Å². The van der Waals surface area contributed by atoms with E-state index in [0.29, 0.717) is 0 Å². The number of rotatable bonds is 4. The molecule has 100 valence electrons. The van der Waals surface area contributed by atoms with Gasteiger partial charge in [0.2, 0.25) is 0 Å². The normalized spacial score (nSPS) is 13.5. The molecule has 0 aromatic heterocycles. The smallest absolute Gasteiger partial charge is 0.425 e. The molecule has 0 amide bonds. The summed E-state index contributed by atoms with van der Waals surface area (Å²) in [5.74, 6) is -2.17.